The van der Waals surface area contributed by atoms with Gasteiger partial charge in [-0.3, -0.25) is 9.36 Å². The molecular weight excluding hydrogens is 318 g/mol. The molecule has 23 heavy (non-hydrogen) atoms. The van der Waals surface area contributed by atoms with E-state index < -0.39 is 0 Å². The first-order valence-electron chi connectivity index (χ1n) is 7.65. The maximum absolute atomic E-state index is 11.6. The van der Waals surface area contributed by atoms with E-state index in [9.17, 15) is 4.79 Å². The standard InChI is InChI=1S/C15H19N3O4S/c1-2-20-13(19)10-23-15-17-16-14(12-6-4-8-22-12)18(15)9-11-5-3-7-21-11/h4,6,8,11H,2-3,5,7,9-10H2,1H3/t11-/m1/s1. The molecule has 2 aromatic rings. The lowest BCUT2D eigenvalue weighted by Gasteiger charge is -2.13. The van der Waals surface area contributed by atoms with Crippen LogP contribution in [0.2, 0.25) is 0 Å². The third-order valence-corrected chi connectivity index (χ3v) is 4.43. The van der Waals surface area contributed by atoms with E-state index in [1.165, 1.54) is 11.8 Å². The summed E-state index contributed by atoms with van der Waals surface area (Å²) in [7, 11) is 0. The van der Waals surface area contributed by atoms with Gasteiger partial charge in [0.25, 0.3) is 0 Å². The quantitative estimate of drug-likeness (QED) is 0.567. The molecular formula is C15H19N3O4S. The Kier molecular flexibility index (Phi) is 5.35. The van der Waals surface area contributed by atoms with Crippen molar-refractivity contribution in [2.45, 2.75) is 37.6 Å². The molecule has 3 rings (SSSR count). The van der Waals surface area contributed by atoms with Crippen molar-refractivity contribution in [1.82, 2.24) is 14.8 Å². The molecule has 1 aliphatic rings. The topological polar surface area (TPSA) is 79.4 Å². The van der Waals surface area contributed by atoms with Crippen LogP contribution in [0.1, 0.15) is 19.8 Å². The first-order valence-corrected chi connectivity index (χ1v) is 8.63. The minimum atomic E-state index is -0.260. The molecule has 0 aromatic carbocycles. The summed E-state index contributed by atoms with van der Waals surface area (Å²) >= 11 is 1.31. The first-order chi connectivity index (χ1) is 11.3. The predicted molar refractivity (Wildman–Crippen MR) is 84.1 cm³/mol. The summed E-state index contributed by atoms with van der Waals surface area (Å²) in [5.41, 5.74) is 0. The average molecular weight is 337 g/mol. The smallest absolute Gasteiger partial charge is 0.316 e. The van der Waals surface area contributed by atoms with Crippen LogP contribution < -0.4 is 0 Å². The Morgan fingerprint density at radius 2 is 2.43 bits per heavy atom. The van der Waals surface area contributed by atoms with Crippen molar-refractivity contribution in [3.05, 3.63) is 18.4 Å². The molecule has 1 aliphatic heterocycles. The number of hydrogen-bond donors (Lipinski definition) is 0. The molecule has 0 aliphatic carbocycles. The third kappa shape index (κ3) is 3.94. The number of furan rings is 1. The lowest BCUT2D eigenvalue weighted by atomic mass is 10.2. The lowest BCUT2D eigenvalue weighted by Crippen LogP contribution is -2.17. The molecule has 1 atom stereocenters. The van der Waals surface area contributed by atoms with Crippen molar-refractivity contribution >= 4 is 17.7 Å². The van der Waals surface area contributed by atoms with Crippen molar-refractivity contribution in [2.75, 3.05) is 19.0 Å². The molecule has 0 amide bonds. The van der Waals surface area contributed by atoms with Crippen molar-refractivity contribution < 1.29 is 18.7 Å². The number of carbonyl (C=O) groups is 1. The Morgan fingerprint density at radius 3 is 3.13 bits per heavy atom. The molecule has 3 heterocycles. The van der Waals surface area contributed by atoms with Gasteiger partial charge in [-0.05, 0) is 31.9 Å². The summed E-state index contributed by atoms with van der Waals surface area (Å²) in [6, 6.07) is 3.65. The predicted octanol–water partition coefficient (Wildman–Crippen LogP) is 2.37. The lowest BCUT2D eigenvalue weighted by molar-refractivity contribution is -0.139. The van der Waals surface area contributed by atoms with Crippen LogP contribution in [0.4, 0.5) is 0 Å². The number of rotatable bonds is 7. The van der Waals surface area contributed by atoms with Crippen LogP contribution in [0.3, 0.4) is 0 Å². The molecule has 0 bridgehead atoms. The molecule has 0 radical (unpaired) electrons. The minimum Gasteiger partial charge on any atom is -0.465 e. The second kappa shape index (κ2) is 7.65. The van der Waals surface area contributed by atoms with Gasteiger partial charge in [0.1, 0.15) is 0 Å². The normalized spacial score (nSPS) is 17.5. The van der Waals surface area contributed by atoms with Crippen LogP contribution in [0, 0.1) is 0 Å². The molecule has 0 N–H and O–H groups in total. The first kappa shape index (κ1) is 16.1. The maximum atomic E-state index is 11.6. The highest BCUT2D eigenvalue weighted by atomic mass is 32.2. The summed E-state index contributed by atoms with van der Waals surface area (Å²) < 4.78 is 18.1. The summed E-state index contributed by atoms with van der Waals surface area (Å²) in [6.07, 6.45) is 3.82. The molecule has 7 nitrogen and oxygen atoms in total. The van der Waals surface area contributed by atoms with Crippen LogP contribution in [-0.2, 0) is 20.8 Å². The van der Waals surface area contributed by atoms with E-state index in [4.69, 9.17) is 13.9 Å². The van der Waals surface area contributed by atoms with Gasteiger partial charge in [-0.25, -0.2) is 0 Å². The van der Waals surface area contributed by atoms with E-state index in [1.807, 2.05) is 16.7 Å². The van der Waals surface area contributed by atoms with Gasteiger partial charge in [-0.15, -0.1) is 10.2 Å². The molecule has 1 fully saturated rings. The molecule has 0 saturated carbocycles. The van der Waals surface area contributed by atoms with Gasteiger partial charge in [-0.1, -0.05) is 11.8 Å². The van der Waals surface area contributed by atoms with E-state index in [2.05, 4.69) is 10.2 Å². The van der Waals surface area contributed by atoms with Gasteiger partial charge in [0, 0.05) is 6.61 Å². The van der Waals surface area contributed by atoms with Gasteiger partial charge in [0.2, 0.25) is 5.82 Å². The van der Waals surface area contributed by atoms with E-state index in [1.54, 1.807) is 13.2 Å². The van der Waals surface area contributed by atoms with Crippen LogP contribution in [-0.4, -0.2) is 45.8 Å². The number of aromatic nitrogens is 3. The van der Waals surface area contributed by atoms with Crippen molar-refractivity contribution in [3.8, 4) is 11.6 Å². The van der Waals surface area contributed by atoms with E-state index >= 15 is 0 Å². The van der Waals surface area contributed by atoms with Crippen molar-refractivity contribution in [2.24, 2.45) is 0 Å². The fourth-order valence-corrected chi connectivity index (χ4v) is 3.21. The van der Waals surface area contributed by atoms with Gasteiger partial charge in [0.05, 0.1) is 31.3 Å². The third-order valence-electron chi connectivity index (χ3n) is 3.49. The van der Waals surface area contributed by atoms with Crippen molar-refractivity contribution in [3.63, 3.8) is 0 Å². The van der Waals surface area contributed by atoms with Crippen LogP contribution in [0.5, 0.6) is 0 Å². The Balaban J connectivity index is 1.78. The maximum Gasteiger partial charge on any atom is 0.316 e. The molecule has 1 saturated heterocycles. The van der Waals surface area contributed by atoms with Crippen LogP contribution >= 0.6 is 11.8 Å². The van der Waals surface area contributed by atoms with Gasteiger partial charge >= 0.3 is 5.97 Å². The van der Waals surface area contributed by atoms with Gasteiger partial charge in [-0.2, -0.15) is 0 Å². The van der Waals surface area contributed by atoms with E-state index in [0.717, 1.165) is 19.4 Å². The molecule has 8 heteroatoms. The number of ether oxygens (including phenoxy) is 2. The SMILES string of the molecule is CCOC(=O)CSc1nnc(-c2ccco2)n1C[C@H]1CCCO1. The number of carbonyl (C=O) groups excluding carboxylic acids is 1. The zero-order valence-electron chi connectivity index (χ0n) is 12.9. The molecule has 124 valence electrons. The molecule has 0 spiro atoms. The summed E-state index contributed by atoms with van der Waals surface area (Å²) in [4.78, 5) is 11.6. The highest BCUT2D eigenvalue weighted by Gasteiger charge is 2.23. The van der Waals surface area contributed by atoms with Crippen LogP contribution in [0.15, 0.2) is 28.0 Å². The highest BCUT2D eigenvalue weighted by molar-refractivity contribution is 7.99. The monoisotopic (exact) mass is 337 g/mol. The van der Waals surface area contributed by atoms with E-state index in [0.29, 0.717) is 29.9 Å². The fourth-order valence-electron chi connectivity index (χ4n) is 2.47. The highest BCUT2D eigenvalue weighted by Crippen LogP contribution is 2.26. The second-order valence-corrected chi connectivity index (χ2v) is 6.07. The fraction of sp³-hybridized carbons (Fsp3) is 0.533. The van der Waals surface area contributed by atoms with Crippen LogP contribution in [0.25, 0.3) is 11.6 Å². The van der Waals surface area contributed by atoms with E-state index in [-0.39, 0.29) is 17.8 Å². The Labute approximate surface area is 138 Å². The largest absolute Gasteiger partial charge is 0.465 e. The minimum absolute atomic E-state index is 0.140. The van der Waals surface area contributed by atoms with Gasteiger partial charge < -0.3 is 13.9 Å². The number of thioether (sulfide) groups is 1. The zero-order chi connectivity index (χ0) is 16.1. The van der Waals surface area contributed by atoms with Crippen molar-refractivity contribution in [1.29, 1.82) is 0 Å². The number of esters is 1. The second-order valence-electron chi connectivity index (χ2n) is 5.12. The molecule has 2 aromatic heterocycles. The zero-order valence-corrected chi connectivity index (χ0v) is 13.8. The summed E-state index contributed by atoms with van der Waals surface area (Å²) in [5, 5.41) is 9.08. The number of hydrogen-bond acceptors (Lipinski definition) is 7. The Bertz CT molecular complexity index is 635. The average Bonchev–Trinajstić information content (AvgIpc) is 3.28. The summed E-state index contributed by atoms with van der Waals surface area (Å²) in [6.45, 7) is 3.60. The Morgan fingerprint density at radius 1 is 1.52 bits per heavy atom. The number of nitrogens with zero attached hydrogens (tertiary/aromatic N) is 3. The Hall–Kier alpha value is -1.80. The molecule has 0 unspecified atom stereocenters. The van der Waals surface area contributed by atoms with Gasteiger partial charge in [0.15, 0.2) is 10.9 Å². The summed E-state index contributed by atoms with van der Waals surface area (Å²) in [5.74, 6) is 1.24.